The van der Waals surface area contributed by atoms with E-state index in [0.717, 1.165) is 0 Å². The Morgan fingerprint density at radius 3 is 2.10 bits per heavy atom. The van der Waals surface area contributed by atoms with Gasteiger partial charge in [-0.15, -0.1) is 0 Å². The van der Waals surface area contributed by atoms with Gasteiger partial charge in [0.25, 0.3) is 10.2 Å². The molecule has 0 aromatic carbocycles. The Hall–Kier alpha value is -0.660. The van der Waals surface area contributed by atoms with E-state index in [4.69, 9.17) is 5.73 Å². The molecular weight excluding hydrogens is 158 g/mol. The second-order valence-electron chi connectivity index (χ2n) is 1.79. The van der Waals surface area contributed by atoms with Crippen LogP contribution in [0.5, 0.6) is 0 Å². The summed E-state index contributed by atoms with van der Waals surface area (Å²) in [5.74, 6) is -0.769. The molecular formula is C3H9N3O3S. The zero-order valence-electron chi connectivity index (χ0n) is 5.37. The van der Waals surface area contributed by atoms with Crippen molar-refractivity contribution in [2.24, 2.45) is 10.9 Å². The minimum absolute atomic E-state index is 0.769. The van der Waals surface area contributed by atoms with Crippen LogP contribution >= 0.6 is 0 Å². The van der Waals surface area contributed by atoms with Crippen LogP contribution in [0, 0.1) is 0 Å². The van der Waals surface area contributed by atoms with Crippen molar-refractivity contribution in [2.75, 3.05) is 0 Å². The second-order valence-corrected chi connectivity index (χ2v) is 3.11. The van der Waals surface area contributed by atoms with E-state index in [2.05, 4.69) is 5.14 Å². The standard InChI is InChI=1S/C3H9N3O3S/c1-2(3(4)7)6-10(5,8)9/h2,6H,1H3,(H2,4,7)(H2,5,8,9)/t2-/m1/s1. The third kappa shape index (κ3) is 4.24. The molecule has 0 aromatic rings. The van der Waals surface area contributed by atoms with Gasteiger partial charge in [-0.2, -0.15) is 13.1 Å². The number of nitrogens with two attached hydrogens (primary N) is 2. The molecule has 0 aromatic heterocycles. The fraction of sp³-hybridized carbons (Fsp3) is 0.667. The molecule has 6 nitrogen and oxygen atoms in total. The monoisotopic (exact) mass is 167 g/mol. The van der Waals surface area contributed by atoms with Gasteiger partial charge < -0.3 is 5.73 Å². The molecule has 0 rings (SSSR count). The van der Waals surface area contributed by atoms with Crippen molar-refractivity contribution in [3.05, 3.63) is 0 Å². The first-order valence-electron chi connectivity index (χ1n) is 2.42. The van der Waals surface area contributed by atoms with Crippen LogP contribution in [0.15, 0.2) is 0 Å². The summed E-state index contributed by atoms with van der Waals surface area (Å²) in [7, 11) is -3.82. The molecule has 0 saturated carbocycles. The zero-order chi connectivity index (χ0) is 8.36. The third-order valence-corrected chi connectivity index (χ3v) is 1.45. The summed E-state index contributed by atoms with van der Waals surface area (Å²) in [6.45, 7) is 1.30. The van der Waals surface area contributed by atoms with Gasteiger partial charge in [0, 0.05) is 0 Å². The van der Waals surface area contributed by atoms with Crippen molar-refractivity contribution >= 4 is 16.1 Å². The lowest BCUT2D eigenvalue weighted by molar-refractivity contribution is -0.119. The van der Waals surface area contributed by atoms with E-state index in [1.165, 1.54) is 6.92 Å². The highest BCUT2D eigenvalue weighted by Gasteiger charge is 2.12. The molecule has 0 bridgehead atoms. The molecule has 0 saturated heterocycles. The van der Waals surface area contributed by atoms with Crippen LogP contribution in [0.2, 0.25) is 0 Å². The van der Waals surface area contributed by atoms with E-state index in [1.54, 1.807) is 4.72 Å². The smallest absolute Gasteiger partial charge is 0.275 e. The minimum Gasteiger partial charge on any atom is -0.368 e. The number of hydrogen-bond donors (Lipinski definition) is 3. The van der Waals surface area contributed by atoms with Gasteiger partial charge in [-0.05, 0) is 6.92 Å². The van der Waals surface area contributed by atoms with E-state index in [1.807, 2.05) is 0 Å². The van der Waals surface area contributed by atoms with Gasteiger partial charge in [0.2, 0.25) is 5.91 Å². The third-order valence-electron chi connectivity index (χ3n) is 0.768. The highest BCUT2D eigenvalue weighted by Crippen LogP contribution is 1.79. The second kappa shape index (κ2) is 2.95. The molecule has 60 valence electrons. The van der Waals surface area contributed by atoms with Gasteiger partial charge in [0.1, 0.15) is 0 Å². The molecule has 1 atom stereocenters. The van der Waals surface area contributed by atoms with E-state index < -0.39 is 22.2 Å². The first kappa shape index (κ1) is 9.34. The Bertz CT molecular complexity index is 221. The van der Waals surface area contributed by atoms with Crippen LogP contribution in [0.4, 0.5) is 0 Å². The molecule has 0 aliphatic carbocycles. The van der Waals surface area contributed by atoms with Crippen molar-refractivity contribution < 1.29 is 13.2 Å². The zero-order valence-corrected chi connectivity index (χ0v) is 6.18. The van der Waals surface area contributed by atoms with Crippen LogP contribution in [-0.2, 0) is 15.0 Å². The molecule has 0 unspecified atom stereocenters. The summed E-state index contributed by atoms with van der Waals surface area (Å²) in [4.78, 5) is 10.2. The van der Waals surface area contributed by atoms with Crippen molar-refractivity contribution in [3.63, 3.8) is 0 Å². The summed E-state index contributed by atoms with van der Waals surface area (Å²) >= 11 is 0. The lowest BCUT2D eigenvalue weighted by Gasteiger charge is -2.05. The van der Waals surface area contributed by atoms with Crippen molar-refractivity contribution in [2.45, 2.75) is 13.0 Å². The summed E-state index contributed by atoms with van der Waals surface area (Å²) < 4.78 is 22.2. The Labute approximate surface area is 58.8 Å². The van der Waals surface area contributed by atoms with Gasteiger partial charge in [-0.1, -0.05) is 0 Å². The van der Waals surface area contributed by atoms with Gasteiger partial charge in [0.15, 0.2) is 0 Å². The maximum atomic E-state index is 10.2. The van der Waals surface area contributed by atoms with Crippen molar-refractivity contribution in [1.82, 2.24) is 4.72 Å². The molecule has 1 amide bonds. The predicted molar refractivity (Wildman–Crippen MR) is 34.9 cm³/mol. The van der Waals surface area contributed by atoms with Gasteiger partial charge in [-0.25, -0.2) is 5.14 Å². The number of amides is 1. The average molecular weight is 167 g/mol. The topological polar surface area (TPSA) is 115 Å². The van der Waals surface area contributed by atoms with Crippen molar-refractivity contribution in [1.29, 1.82) is 0 Å². The summed E-state index contributed by atoms with van der Waals surface area (Å²) in [6.07, 6.45) is 0. The van der Waals surface area contributed by atoms with E-state index in [-0.39, 0.29) is 0 Å². The fourth-order valence-electron chi connectivity index (χ4n) is 0.304. The molecule has 0 spiro atoms. The molecule has 7 heteroatoms. The molecule has 10 heavy (non-hydrogen) atoms. The largest absolute Gasteiger partial charge is 0.368 e. The lowest BCUT2D eigenvalue weighted by Crippen LogP contribution is -2.44. The number of hydrogen-bond acceptors (Lipinski definition) is 3. The Kier molecular flexibility index (Phi) is 2.76. The summed E-state index contributed by atoms with van der Waals surface area (Å²) in [5, 5.41) is 4.53. The maximum Gasteiger partial charge on any atom is 0.275 e. The van der Waals surface area contributed by atoms with Crippen LogP contribution in [0.3, 0.4) is 0 Å². The van der Waals surface area contributed by atoms with Crippen LogP contribution in [0.1, 0.15) is 6.92 Å². The SMILES string of the molecule is C[C@@H](NS(N)(=O)=O)C(N)=O. The molecule has 0 aliphatic heterocycles. The highest BCUT2D eigenvalue weighted by atomic mass is 32.2. The minimum atomic E-state index is -3.82. The van der Waals surface area contributed by atoms with E-state index >= 15 is 0 Å². The molecule has 0 radical (unpaired) electrons. The maximum absolute atomic E-state index is 10.2. The molecule has 0 aliphatic rings. The Morgan fingerprint density at radius 1 is 1.60 bits per heavy atom. The van der Waals surface area contributed by atoms with Crippen molar-refractivity contribution in [3.8, 4) is 0 Å². The predicted octanol–water partition coefficient (Wildman–Crippen LogP) is -2.35. The number of carbonyl (C=O) groups is 1. The fourth-order valence-corrected chi connectivity index (χ4v) is 0.913. The number of primary amides is 1. The highest BCUT2D eigenvalue weighted by molar-refractivity contribution is 7.87. The number of nitrogens with one attached hydrogen (secondary N) is 1. The first-order valence-corrected chi connectivity index (χ1v) is 3.97. The Balaban J connectivity index is 4.06. The summed E-state index contributed by atoms with van der Waals surface area (Å²) in [6, 6.07) is -0.963. The van der Waals surface area contributed by atoms with Crippen LogP contribution < -0.4 is 15.6 Å². The van der Waals surface area contributed by atoms with Crippen LogP contribution in [-0.4, -0.2) is 20.4 Å². The van der Waals surface area contributed by atoms with E-state index in [9.17, 15) is 13.2 Å². The molecule has 0 fully saturated rings. The summed E-state index contributed by atoms with van der Waals surface area (Å²) in [5.41, 5.74) is 4.72. The quantitative estimate of drug-likeness (QED) is 0.437. The number of carbonyl (C=O) groups excluding carboxylic acids is 1. The van der Waals surface area contributed by atoms with Gasteiger partial charge in [-0.3, -0.25) is 4.79 Å². The Morgan fingerprint density at radius 2 is 2.00 bits per heavy atom. The van der Waals surface area contributed by atoms with Gasteiger partial charge in [0.05, 0.1) is 6.04 Å². The molecule has 5 N–H and O–H groups in total. The van der Waals surface area contributed by atoms with Gasteiger partial charge >= 0.3 is 0 Å². The van der Waals surface area contributed by atoms with E-state index in [0.29, 0.717) is 0 Å². The average Bonchev–Trinajstić information content (AvgIpc) is 1.60. The lowest BCUT2D eigenvalue weighted by atomic mass is 10.4. The first-order chi connectivity index (χ1) is 4.33. The van der Waals surface area contributed by atoms with Crippen LogP contribution in [0.25, 0.3) is 0 Å². The normalized spacial score (nSPS) is 14.6. The molecule has 0 heterocycles. The number of rotatable bonds is 3.